The van der Waals surface area contributed by atoms with E-state index in [2.05, 4.69) is 5.32 Å². The zero-order valence-electron chi connectivity index (χ0n) is 13.3. The molecule has 2 N–H and O–H groups in total. The van der Waals surface area contributed by atoms with Gasteiger partial charge in [-0.3, -0.25) is 0 Å². The smallest absolute Gasteiger partial charge is 0.165 e. The summed E-state index contributed by atoms with van der Waals surface area (Å²) in [5.41, 5.74) is 0.957. The first-order valence-electron chi connectivity index (χ1n) is 7.27. The predicted octanol–water partition coefficient (Wildman–Crippen LogP) is 2.70. The van der Waals surface area contributed by atoms with Crippen LogP contribution in [0.15, 0.2) is 48.5 Å². The van der Waals surface area contributed by atoms with Crippen LogP contribution in [0.4, 0.5) is 0 Å². The lowest BCUT2D eigenvalue weighted by Gasteiger charge is -2.24. The molecule has 0 aliphatic rings. The van der Waals surface area contributed by atoms with Gasteiger partial charge in [0.05, 0.1) is 19.8 Å². The Labute approximate surface area is 131 Å². The van der Waals surface area contributed by atoms with E-state index >= 15 is 0 Å². The Hall–Kier alpha value is -2.04. The summed E-state index contributed by atoms with van der Waals surface area (Å²) >= 11 is 0. The molecule has 118 valence electrons. The van der Waals surface area contributed by atoms with E-state index < -0.39 is 5.60 Å². The Morgan fingerprint density at radius 2 is 1.73 bits per heavy atom. The van der Waals surface area contributed by atoms with Crippen LogP contribution in [0.1, 0.15) is 18.1 Å². The van der Waals surface area contributed by atoms with Crippen molar-refractivity contribution in [3.8, 4) is 11.5 Å². The summed E-state index contributed by atoms with van der Waals surface area (Å²) in [7, 11) is 3.25. The summed E-state index contributed by atoms with van der Waals surface area (Å²) in [5, 5.41) is 13.9. The molecule has 0 spiro atoms. The Kier molecular flexibility index (Phi) is 5.41. The molecule has 0 radical (unpaired) electrons. The highest BCUT2D eigenvalue weighted by molar-refractivity contribution is 5.46. The third-order valence-electron chi connectivity index (χ3n) is 3.66. The van der Waals surface area contributed by atoms with Crippen molar-refractivity contribution >= 4 is 0 Å². The van der Waals surface area contributed by atoms with Gasteiger partial charge in [-0.2, -0.15) is 0 Å². The van der Waals surface area contributed by atoms with E-state index in [1.807, 2.05) is 48.5 Å². The molecule has 0 heterocycles. The van der Waals surface area contributed by atoms with Gasteiger partial charge in [0.15, 0.2) is 11.5 Å². The standard InChI is InChI=1S/C18H23NO3/c1-18(20,15-9-5-4-6-10-15)13-19-12-14-8-7-11-16(21-2)17(14)22-3/h4-11,19-20H,12-13H2,1-3H3. The minimum Gasteiger partial charge on any atom is -0.493 e. The van der Waals surface area contributed by atoms with E-state index in [1.165, 1.54) is 0 Å². The zero-order valence-corrected chi connectivity index (χ0v) is 13.3. The first kappa shape index (κ1) is 16.3. The number of para-hydroxylation sites is 1. The van der Waals surface area contributed by atoms with Gasteiger partial charge >= 0.3 is 0 Å². The van der Waals surface area contributed by atoms with E-state index in [-0.39, 0.29) is 0 Å². The largest absolute Gasteiger partial charge is 0.493 e. The summed E-state index contributed by atoms with van der Waals surface area (Å²) in [6.07, 6.45) is 0. The first-order valence-corrected chi connectivity index (χ1v) is 7.27. The molecule has 0 aliphatic heterocycles. The van der Waals surface area contributed by atoms with Crippen LogP contribution >= 0.6 is 0 Å². The Morgan fingerprint density at radius 3 is 2.36 bits per heavy atom. The van der Waals surface area contributed by atoms with E-state index in [0.29, 0.717) is 18.8 Å². The second-order valence-electron chi connectivity index (χ2n) is 5.40. The number of benzene rings is 2. The summed E-state index contributed by atoms with van der Waals surface area (Å²) in [6, 6.07) is 15.4. The van der Waals surface area contributed by atoms with Crippen LogP contribution in [0.3, 0.4) is 0 Å². The molecule has 2 aromatic carbocycles. The van der Waals surface area contributed by atoms with Crippen LogP contribution in [0.2, 0.25) is 0 Å². The van der Waals surface area contributed by atoms with Gasteiger partial charge in [0.25, 0.3) is 0 Å². The van der Waals surface area contributed by atoms with Gasteiger partial charge < -0.3 is 19.9 Å². The predicted molar refractivity (Wildman–Crippen MR) is 87.3 cm³/mol. The van der Waals surface area contributed by atoms with Gasteiger partial charge in [-0.1, -0.05) is 42.5 Å². The van der Waals surface area contributed by atoms with Crippen molar-refractivity contribution in [2.45, 2.75) is 19.1 Å². The quantitative estimate of drug-likeness (QED) is 0.825. The molecule has 0 saturated carbocycles. The van der Waals surface area contributed by atoms with Crippen LogP contribution in [-0.4, -0.2) is 25.9 Å². The molecule has 22 heavy (non-hydrogen) atoms. The normalized spacial score (nSPS) is 13.5. The second kappa shape index (κ2) is 7.29. The number of methoxy groups -OCH3 is 2. The third-order valence-corrected chi connectivity index (χ3v) is 3.66. The molecule has 0 aromatic heterocycles. The van der Waals surface area contributed by atoms with Crippen molar-refractivity contribution in [1.82, 2.24) is 5.32 Å². The fourth-order valence-corrected chi connectivity index (χ4v) is 2.43. The van der Waals surface area contributed by atoms with Crippen molar-refractivity contribution in [2.75, 3.05) is 20.8 Å². The lowest BCUT2D eigenvalue weighted by molar-refractivity contribution is 0.0566. The molecular weight excluding hydrogens is 278 g/mol. The second-order valence-corrected chi connectivity index (χ2v) is 5.40. The summed E-state index contributed by atoms with van der Waals surface area (Å²) < 4.78 is 10.7. The van der Waals surface area contributed by atoms with Gasteiger partial charge in [-0.05, 0) is 18.6 Å². The Balaban J connectivity index is 2.02. The fourth-order valence-electron chi connectivity index (χ4n) is 2.43. The maximum Gasteiger partial charge on any atom is 0.165 e. The van der Waals surface area contributed by atoms with Crippen molar-refractivity contribution < 1.29 is 14.6 Å². The number of hydrogen-bond donors (Lipinski definition) is 2. The van der Waals surface area contributed by atoms with Crippen molar-refractivity contribution in [3.05, 3.63) is 59.7 Å². The molecule has 4 heteroatoms. The molecular formula is C18H23NO3. The molecule has 1 unspecified atom stereocenters. The van der Waals surface area contributed by atoms with Gasteiger partial charge in [0, 0.05) is 18.7 Å². The van der Waals surface area contributed by atoms with Gasteiger partial charge in [-0.25, -0.2) is 0 Å². The number of hydrogen-bond acceptors (Lipinski definition) is 4. The van der Waals surface area contributed by atoms with Gasteiger partial charge in [-0.15, -0.1) is 0 Å². The summed E-state index contributed by atoms with van der Waals surface area (Å²) in [4.78, 5) is 0. The fraction of sp³-hybridized carbons (Fsp3) is 0.333. The molecule has 0 saturated heterocycles. The summed E-state index contributed by atoms with van der Waals surface area (Å²) in [5.74, 6) is 1.42. The first-order chi connectivity index (χ1) is 10.6. The summed E-state index contributed by atoms with van der Waals surface area (Å²) in [6.45, 7) is 2.83. The van der Waals surface area contributed by atoms with Crippen LogP contribution in [0.25, 0.3) is 0 Å². The van der Waals surface area contributed by atoms with E-state index in [1.54, 1.807) is 21.1 Å². The van der Waals surface area contributed by atoms with Crippen molar-refractivity contribution in [2.24, 2.45) is 0 Å². The van der Waals surface area contributed by atoms with Gasteiger partial charge in [0.2, 0.25) is 0 Å². The molecule has 1 atom stereocenters. The van der Waals surface area contributed by atoms with Crippen LogP contribution in [-0.2, 0) is 12.1 Å². The number of rotatable bonds is 7. The minimum absolute atomic E-state index is 0.442. The molecule has 0 amide bonds. The zero-order chi connectivity index (χ0) is 16.0. The molecule has 0 fully saturated rings. The van der Waals surface area contributed by atoms with E-state index in [0.717, 1.165) is 16.9 Å². The number of ether oxygens (including phenoxy) is 2. The van der Waals surface area contributed by atoms with E-state index in [9.17, 15) is 5.11 Å². The van der Waals surface area contributed by atoms with Gasteiger partial charge in [0.1, 0.15) is 0 Å². The van der Waals surface area contributed by atoms with Crippen LogP contribution < -0.4 is 14.8 Å². The average molecular weight is 301 g/mol. The SMILES string of the molecule is COc1cccc(CNCC(C)(O)c2ccccc2)c1OC. The lowest BCUT2D eigenvalue weighted by atomic mass is 9.96. The van der Waals surface area contributed by atoms with E-state index in [4.69, 9.17) is 9.47 Å². The van der Waals surface area contributed by atoms with Crippen LogP contribution in [0.5, 0.6) is 11.5 Å². The topological polar surface area (TPSA) is 50.7 Å². The average Bonchev–Trinajstić information content (AvgIpc) is 2.55. The number of aliphatic hydroxyl groups is 1. The highest BCUT2D eigenvalue weighted by Crippen LogP contribution is 2.30. The lowest BCUT2D eigenvalue weighted by Crippen LogP contribution is -2.35. The van der Waals surface area contributed by atoms with Crippen molar-refractivity contribution in [3.63, 3.8) is 0 Å². The Bertz CT molecular complexity index is 597. The molecule has 2 rings (SSSR count). The maximum absolute atomic E-state index is 10.6. The molecule has 0 bridgehead atoms. The Morgan fingerprint density at radius 1 is 1.00 bits per heavy atom. The monoisotopic (exact) mass is 301 g/mol. The minimum atomic E-state index is -0.923. The third kappa shape index (κ3) is 3.78. The highest BCUT2D eigenvalue weighted by atomic mass is 16.5. The van der Waals surface area contributed by atoms with Crippen molar-refractivity contribution in [1.29, 1.82) is 0 Å². The highest BCUT2D eigenvalue weighted by Gasteiger charge is 2.22. The molecule has 4 nitrogen and oxygen atoms in total. The maximum atomic E-state index is 10.6. The van der Waals surface area contributed by atoms with Crippen LogP contribution in [0, 0.1) is 0 Å². The number of nitrogens with one attached hydrogen (secondary N) is 1. The molecule has 2 aromatic rings. The molecule has 0 aliphatic carbocycles.